The maximum atomic E-state index is 12.4. The van der Waals surface area contributed by atoms with Crippen LogP contribution in [0.25, 0.3) is 0 Å². The second-order valence-electron chi connectivity index (χ2n) is 5.22. The van der Waals surface area contributed by atoms with E-state index >= 15 is 0 Å². The highest BCUT2D eigenvalue weighted by atomic mass is 32.1. The summed E-state index contributed by atoms with van der Waals surface area (Å²) in [6.07, 6.45) is 4.00. The van der Waals surface area contributed by atoms with Gasteiger partial charge in [-0.15, -0.1) is 11.3 Å². The van der Waals surface area contributed by atoms with Crippen molar-refractivity contribution < 1.29 is 9.32 Å². The van der Waals surface area contributed by atoms with Gasteiger partial charge >= 0.3 is 0 Å². The number of thiazole rings is 1. The summed E-state index contributed by atoms with van der Waals surface area (Å²) in [5.41, 5.74) is 0.401. The van der Waals surface area contributed by atoms with Crippen molar-refractivity contribution in [2.45, 2.75) is 32.6 Å². The highest BCUT2D eigenvalue weighted by molar-refractivity contribution is 7.11. The number of likely N-dealkylation sites (tertiary alicyclic amines) is 1. The topological polar surface area (TPSA) is 59.2 Å². The second-order valence-corrected chi connectivity index (χ2v) is 6.49. The fraction of sp³-hybridized carbons (Fsp3) is 0.500. The fourth-order valence-electron chi connectivity index (χ4n) is 2.55. The minimum atomic E-state index is -0.0418. The number of rotatable bonds is 2. The van der Waals surface area contributed by atoms with Crippen molar-refractivity contribution in [3.05, 3.63) is 33.6 Å². The van der Waals surface area contributed by atoms with E-state index in [9.17, 15) is 4.79 Å². The lowest BCUT2D eigenvalue weighted by molar-refractivity contribution is 0.0696. The number of aromatic nitrogens is 2. The first-order valence-corrected chi connectivity index (χ1v) is 7.60. The molecule has 0 unspecified atom stereocenters. The van der Waals surface area contributed by atoms with Gasteiger partial charge in [-0.05, 0) is 26.7 Å². The van der Waals surface area contributed by atoms with Gasteiger partial charge in [0, 0.05) is 36.1 Å². The first kappa shape index (κ1) is 13.3. The summed E-state index contributed by atoms with van der Waals surface area (Å²) in [6.45, 7) is 5.36. The highest BCUT2D eigenvalue weighted by Crippen LogP contribution is 2.30. The van der Waals surface area contributed by atoms with E-state index < -0.39 is 0 Å². The third-order valence-electron chi connectivity index (χ3n) is 3.54. The Labute approximate surface area is 121 Å². The zero-order valence-electron chi connectivity index (χ0n) is 11.6. The molecule has 5 nitrogen and oxygen atoms in total. The molecule has 3 heterocycles. The van der Waals surface area contributed by atoms with Gasteiger partial charge in [0.15, 0.2) is 5.69 Å². The Morgan fingerprint density at radius 2 is 2.35 bits per heavy atom. The summed E-state index contributed by atoms with van der Waals surface area (Å²) in [5.74, 6) is 0.969. The molecule has 1 atom stereocenters. The maximum Gasteiger partial charge on any atom is 0.276 e. The van der Waals surface area contributed by atoms with Gasteiger partial charge in [-0.25, -0.2) is 4.98 Å². The van der Waals surface area contributed by atoms with E-state index in [0.717, 1.165) is 30.9 Å². The van der Waals surface area contributed by atoms with E-state index in [1.807, 2.05) is 11.1 Å². The van der Waals surface area contributed by atoms with E-state index in [1.165, 1.54) is 4.88 Å². The van der Waals surface area contributed by atoms with Gasteiger partial charge in [-0.3, -0.25) is 4.79 Å². The molecule has 0 aromatic carbocycles. The lowest BCUT2D eigenvalue weighted by atomic mass is 9.98. The Morgan fingerprint density at radius 1 is 1.50 bits per heavy atom. The Hall–Kier alpha value is -1.69. The molecule has 0 saturated carbocycles. The zero-order valence-corrected chi connectivity index (χ0v) is 12.4. The quantitative estimate of drug-likeness (QED) is 0.853. The molecule has 1 amide bonds. The van der Waals surface area contributed by atoms with Crippen LogP contribution in [0.15, 0.2) is 16.8 Å². The molecule has 0 aliphatic carbocycles. The fourth-order valence-corrected chi connectivity index (χ4v) is 3.45. The SMILES string of the molecule is Cc1cc(C(=O)N2CCC[C@@H](c3ncc(C)s3)C2)no1. The van der Waals surface area contributed by atoms with Gasteiger partial charge in [-0.2, -0.15) is 0 Å². The predicted molar refractivity (Wildman–Crippen MR) is 76.0 cm³/mol. The van der Waals surface area contributed by atoms with Crippen molar-refractivity contribution in [1.29, 1.82) is 0 Å². The maximum absolute atomic E-state index is 12.4. The first-order valence-electron chi connectivity index (χ1n) is 6.78. The summed E-state index contributed by atoms with van der Waals surface area (Å²) in [6, 6.07) is 1.69. The standard InChI is InChI=1S/C14H17N3O2S/c1-9-6-12(16-19-9)14(18)17-5-3-4-11(8-17)13-15-7-10(2)20-13/h6-7,11H,3-5,8H2,1-2H3/t11-/m1/s1. The Kier molecular flexibility index (Phi) is 3.56. The van der Waals surface area contributed by atoms with E-state index in [1.54, 1.807) is 24.3 Å². The summed E-state index contributed by atoms with van der Waals surface area (Å²) < 4.78 is 4.98. The van der Waals surface area contributed by atoms with Crippen LogP contribution >= 0.6 is 11.3 Å². The van der Waals surface area contributed by atoms with Crippen molar-refractivity contribution in [3.8, 4) is 0 Å². The third kappa shape index (κ3) is 2.60. The van der Waals surface area contributed by atoms with E-state index in [-0.39, 0.29) is 5.91 Å². The molecule has 0 spiro atoms. The van der Waals surface area contributed by atoms with Gasteiger partial charge in [0.2, 0.25) is 0 Å². The van der Waals surface area contributed by atoms with Gasteiger partial charge in [0.05, 0.1) is 5.01 Å². The number of nitrogens with zero attached hydrogens (tertiary/aromatic N) is 3. The lowest BCUT2D eigenvalue weighted by Gasteiger charge is -2.31. The number of hydrogen-bond acceptors (Lipinski definition) is 5. The minimum absolute atomic E-state index is 0.0418. The molecule has 0 radical (unpaired) electrons. The second kappa shape index (κ2) is 5.36. The predicted octanol–water partition coefficient (Wildman–Crippen LogP) is 2.77. The average molecular weight is 291 g/mol. The molecule has 106 valence electrons. The van der Waals surface area contributed by atoms with Crippen molar-refractivity contribution in [2.75, 3.05) is 13.1 Å². The highest BCUT2D eigenvalue weighted by Gasteiger charge is 2.28. The van der Waals surface area contributed by atoms with Crippen LogP contribution in [0.3, 0.4) is 0 Å². The number of hydrogen-bond donors (Lipinski definition) is 0. The van der Waals surface area contributed by atoms with Gasteiger partial charge in [0.1, 0.15) is 5.76 Å². The summed E-state index contributed by atoms with van der Waals surface area (Å²) in [4.78, 5) is 19.9. The molecular weight excluding hydrogens is 274 g/mol. The number of amides is 1. The van der Waals surface area contributed by atoms with Crippen LogP contribution in [0.5, 0.6) is 0 Å². The number of aryl methyl sites for hydroxylation is 2. The van der Waals surface area contributed by atoms with Crippen LogP contribution in [0.4, 0.5) is 0 Å². The third-order valence-corrected chi connectivity index (χ3v) is 4.62. The zero-order chi connectivity index (χ0) is 14.1. The van der Waals surface area contributed by atoms with Crippen molar-refractivity contribution >= 4 is 17.2 Å². The van der Waals surface area contributed by atoms with Crippen molar-refractivity contribution in [2.24, 2.45) is 0 Å². The molecular formula is C14H17N3O2S. The van der Waals surface area contributed by atoms with Gasteiger partial charge < -0.3 is 9.42 Å². The molecule has 2 aromatic heterocycles. The van der Waals surface area contributed by atoms with Crippen LogP contribution in [0.1, 0.15) is 44.9 Å². The van der Waals surface area contributed by atoms with E-state index in [0.29, 0.717) is 17.4 Å². The summed E-state index contributed by atoms with van der Waals surface area (Å²) in [5, 5.41) is 4.95. The molecule has 6 heteroatoms. The molecule has 1 fully saturated rings. The summed E-state index contributed by atoms with van der Waals surface area (Å²) in [7, 11) is 0. The van der Waals surface area contributed by atoms with Crippen molar-refractivity contribution in [1.82, 2.24) is 15.0 Å². The Morgan fingerprint density at radius 3 is 3.00 bits per heavy atom. The molecule has 0 N–H and O–H groups in total. The van der Waals surface area contributed by atoms with Crippen LogP contribution < -0.4 is 0 Å². The van der Waals surface area contributed by atoms with Gasteiger partial charge in [0.25, 0.3) is 5.91 Å². The molecule has 1 aliphatic heterocycles. The van der Waals surface area contributed by atoms with Crippen LogP contribution in [0, 0.1) is 13.8 Å². The number of carbonyl (C=O) groups is 1. The average Bonchev–Trinajstić information content (AvgIpc) is 3.07. The Balaban J connectivity index is 1.73. The largest absolute Gasteiger partial charge is 0.361 e. The lowest BCUT2D eigenvalue weighted by Crippen LogP contribution is -2.39. The monoisotopic (exact) mass is 291 g/mol. The molecule has 1 aliphatic rings. The molecule has 3 rings (SSSR count). The van der Waals surface area contributed by atoms with E-state index in [4.69, 9.17) is 4.52 Å². The number of piperidine rings is 1. The molecule has 1 saturated heterocycles. The minimum Gasteiger partial charge on any atom is -0.361 e. The van der Waals surface area contributed by atoms with Crippen LogP contribution in [-0.4, -0.2) is 34.0 Å². The normalized spacial score (nSPS) is 19.3. The number of carbonyl (C=O) groups excluding carboxylic acids is 1. The van der Waals surface area contributed by atoms with Crippen LogP contribution in [-0.2, 0) is 0 Å². The molecule has 20 heavy (non-hydrogen) atoms. The van der Waals surface area contributed by atoms with E-state index in [2.05, 4.69) is 17.1 Å². The van der Waals surface area contributed by atoms with Crippen LogP contribution in [0.2, 0.25) is 0 Å². The molecule has 0 bridgehead atoms. The van der Waals surface area contributed by atoms with Gasteiger partial charge in [-0.1, -0.05) is 5.16 Å². The van der Waals surface area contributed by atoms with Crippen molar-refractivity contribution in [3.63, 3.8) is 0 Å². The smallest absolute Gasteiger partial charge is 0.276 e. The Bertz CT molecular complexity index is 619. The summed E-state index contributed by atoms with van der Waals surface area (Å²) >= 11 is 1.72. The molecule has 2 aromatic rings. The first-order chi connectivity index (χ1) is 9.63.